The van der Waals surface area contributed by atoms with Gasteiger partial charge in [0.25, 0.3) is 11.2 Å². The first-order valence-corrected chi connectivity index (χ1v) is 10.4. The molecule has 0 atom stereocenters. The van der Waals surface area contributed by atoms with Gasteiger partial charge < -0.3 is 14.8 Å². The highest BCUT2D eigenvalue weighted by Gasteiger charge is 2.29. The van der Waals surface area contributed by atoms with Crippen LogP contribution in [0.3, 0.4) is 0 Å². The normalized spacial score (nSPS) is 11.4. The average Bonchev–Trinajstić information content (AvgIpc) is 2.86. The molecule has 1 N–H and O–H groups in total. The molecule has 0 aliphatic rings. The lowest BCUT2D eigenvalue weighted by Gasteiger charge is -2.14. The second-order valence-electron chi connectivity index (χ2n) is 7.43. The minimum Gasteiger partial charge on any atom is -0.497 e. The van der Waals surface area contributed by atoms with E-state index in [1.807, 2.05) is 0 Å². The minimum absolute atomic E-state index is 0.0376. The molecule has 0 saturated heterocycles. The summed E-state index contributed by atoms with van der Waals surface area (Å²) in [5.74, 6) is 0.172. The molecule has 0 radical (unpaired) electrons. The van der Waals surface area contributed by atoms with Gasteiger partial charge in [-0.05, 0) is 42.5 Å². The Kier molecular flexibility index (Phi) is 6.47. The molecule has 13 heteroatoms. The summed E-state index contributed by atoms with van der Waals surface area (Å²) in [5.41, 5.74) is 0.0599. The molecule has 0 aliphatic heterocycles. The SMILES string of the molecule is CNc1cc(-c2nc3ccc(OCC(F)(F)F)nc3n(-c3ccc(OC)cc3)c2=O)ccc1[N+](=O)[O-]. The molecule has 36 heavy (non-hydrogen) atoms. The van der Waals surface area contributed by atoms with Gasteiger partial charge in [-0.15, -0.1) is 0 Å². The number of alkyl halides is 3. The van der Waals surface area contributed by atoms with Crippen molar-refractivity contribution in [3.63, 3.8) is 0 Å². The molecule has 2 heterocycles. The van der Waals surface area contributed by atoms with E-state index in [2.05, 4.69) is 15.3 Å². The van der Waals surface area contributed by atoms with E-state index in [1.165, 1.54) is 49.1 Å². The Balaban J connectivity index is 1.95. The Hall–Kier alpha value is -4.68. The van der Waals surface area contributed by atoms with Crippen molar-refractivity contribution in [2.45, 2.75) is 6.18 Å². The molecular weight excluding hydrogens is 483 g/mol. The number of halogens is 3. The van der Waals surface area contributed by atoms with Gasteiger partial charge >= 0.3 is 6.18 Å². The van der Waals surface area contributed by atoms with Crippen LogP contribution < -0.4 is 20.3 Å². The van der Waals surface area contributed by atoms with E-state index >= 15 is 0 Å². The van der Waals surface area contributed by atoms with E-state index in [0.717, 1.165) is 0 Å². The summed E-state index contributed by atoms with van der Waals surface area (Å²) < 4.78 is 49.0. The molecule has 0 aliphatic carbocycles. The maximum atomic E-state index is 13.6. The van der Waals surface area contributed by atoms with Crippen LogP contribution in [0.5, 0.6) is 11.6 Å². The Bertz CT molecular complexity index is 1500. The van der Waals surface area contributed by atoms with Gasteiger partial charge in [-0.3, -0.25) is 19.5 Å². The molecular formula is C23H18F3N5O5. The van der Waals surface area contributed by atoms with E-state index in [0.29, 0.717) is 11.4 Å². The lowest BCUT2D eigenvalue weighted by Crippen LogP contribution is -2.24. The summed E-state index contributed by atoms with van der Waals surface area (Å²) in [7, 11) is 2.98. The maximum Gasteiger partial charge on any atom is 0.422 e. The highest BCUT2D eigenvalue weighted by Crippen LogP contribution is 2.30. The molecule has 10 nitrogen and oxygen atoms in total. The first-order chi connectivity index (χ1) is 17.1. The smallest absolute Gasteiger partial charge is 0.422 e. The van der Waals surface area contributed by atoms with Gasteiger partial charge in [0.1, 0.15) is 22.6 Å². The van der Waals surface area contributed by atoms with Crippen molar-refractivity contribution in [3.05, 3.63) is 75.1 Å². The molecule has 0 spiro atoms. The van der Waals surface area contributed by atoms with Gasteiger partial charge in [-0.25, -0.2) is 4.98 Å². The van der Waals surface area contributed by atoms with Gasteiger partial charge in [-0.1, -0.05) is 0 Å². The molecule has 0 amide bonds. The highest BCUT2D eigenvalue weighted by atomic mass is 19.4. The van der Waals surface area contributed by atoms with Gasteiger partial charge in [-0.2, -0.15) is 18.2 Å². The number of ether oxygens (including phenoxy) is 2. The van der Waals surface area contributed by atoms with Crippen LogP contribution in [0.25, 0.3) is 28.1 Å². The van der Waals surface area contributed by atoms with Crippen LogP contribution in [-0.2, 0) is 0 Å². The Morgan fingerprint density at radius 1 is 1.08 bits per heavy atom. The number of aromatic nitrogens is 3. The van der Waals surface area contributed by atoms with Crippen LogP contribution in [0.1, 0.15) is 0 Å². The third kappa shape index (κ3) is 4.89. The lowest BCUT2D eigenvalue weighted by atomic mass is 10.1. The van der Waals surface area contributed by atoms with Gasteiger partial charge in [0.05, 0.1) is 17.7 Å². The van der Waals surface area contributed by atoms with E-state index in [9.17, 15) is 28.1 Å². The number of nitrogens with one attached hydrogen (secondary N) is 1. The molecule has 4 rings (SSSR count). The summed E-state index contributed by atoms with van der Waals surface area (Å²) in [5, 5.41) is 14.0. The second-order valence-corrected chi connectivity index (χ2v) is 7.43. The third-order valence-electron chi connectivity index (χ3n) is 5.13. The number of pyridine rings is 1. The fourth-order valence-electron chi connectivity index (χ4n) is 3.48. The number of hydrogen-bond acceptors (Lipinski definition) is 8. The van der Waals surface area contributed by atoms with Crippen LogP contribution in [0.15, 0.2) is 59.4 Å². The van der Waals surface area contributed by atoms with Crippen molar-refractivity contribution >= 4 is 22.5 Å². The number of anilines is 1. The summed E-state index contributed by atoms with van der Waals surface area (Å²) in [6.45, 7) is -1.56. The zero-order valence-corrected chi connectivity index (χ0v) is 18.9. The number of fused-ring (bicyclic) bond motifs is 1. The Labute approximate surface area is 201 Å². The van der Waals surface area contributed by atoms with Gasteiger partial charge in [0.2, 0.25) is 5.88 Å². The zero-order chi connectivity index (χ0) is 26.0. The maximum absolute atomic E-state index is 13.6. The van der Waals surface area contributed by atoms with E-state index in [1.54, 1.807) is 24.3 Å². The standard InChI is InChI=1S/C23H18F3N5O5/c1-27-17-11-13(3-9-18(17)31(33)34)20-22(32)30(14-4-6-15(35-2)7-5-14)21-16(28-20)8-10-19(29-21)36-12-23(24,25)26/h3-11,27H,12H2,1-2H3. The van der Waals surface area contributed by atoms with Crippen LogP contribution in [0.4, 0.5) is 24.5 Å². The summed E-state index contributed by atoms with van der Waals surface area (Å²) in [6.07, 6.45) is -4.57. The van der Waals surface area contributed by atoms with Crippen molar-refractivity contribution in [1.82, 2.24) is 14.5 Å². The van der Waals surface area contributed by atoms with Gasteiger partial charge in [0.15, 0.2) is 12.3 Å². The number of nitro groups is 1. The minimum atomic E-state index is -4.57. The molecule has 2 aromatic carbocycles. The molecule has 4 aromatic rings. The summed E-state index contributed by atoms with van der Waals surface area (Å²) in [4.78, 5) is 32.8. The molecule has 0 fully saturated rings. The zero-order valence-electron chi connectivity index (χ0n) is 18.9. The van der Waals surface area contributed by atoms with Crippen LogP contribution >= 0.6 is 0 Å². The number of nitrogens with zero attached hydrogens (tertiary/aromatic N) is 4. The molecule has 2 aromatic heterocycles. The van der Waals surface area contributed by atoms with Gasteiger partial charge in [0, 0.05) is 24.7 Å². The highest BCUT2D eigenvalue weighted by molar-refractivity contribution is 5.79. The van der Waals surface area contributed by atoms with Crippen molar-refractivity contribution < 1.29 is 27.6 Å². The predicted octanol–water partition coefficient (Wildman–Crippen LogP) is 4.35. The van der Waals surface area contributed by atoms with Crippen LogP contribution in [0, 0.1) is 10.1 Å². The number of hydrogen-bond donors (Lipinski definition) is 1. The largest absolute Gasteiger partial charge is 0.497 e. The molecule has 186 valence electrons. The molecule has 0 saturated carbocycles. The number of methoxy groups -OCH3 is 1. The predicted molar refractivity (Wildman–Crippen MR) is 125 cm³/mol. The van der Waals surface area contributed by atoms with Crippen molar-refractivity contribution in [3.8, 4) is 28.6 Å². The monoisotopic (exact) mass is 501 g/mol. The summed E-state index contributed by atoms with van der Waals surface area (Å²) >= 11 is 0. The molecule has 0 unspecified atom stereocenters. The number of nitro benzene ring substituents is 1. The Morgan fingerprint density at radius 2 is 1.81 bits per heavy atom. The Morgan fingerprint density at radius 3 is 2.42 bits per heavy atom. The van der Waals surface area contributed by atoms with E-state index in [-0.39, 0.29) is 39.7 Å². The fraction of sp³-hybridized carbons (Fsp3) is 0.174. The third-order valence-corrected chi connectivity index (χ3v) is 5.13. The fourth-order valence-corrected chi connectivity index (χ4v) is 3.48. The van der Waals surface area contributed by atoms with Crippen molar-refractivity contribution in [1.29, 1.82) is 0 Å². The quantitative estimate of drug-likeness (QED) is 0.293. The van der Waals surface area contributed by atoms with E-state index in [4.69, 9.17) is 9.47 Å². The van der Waals surface area contributed by atoms with Crippen molar-refractivity contribution in [2.75, 3.05) is 26.1 Å². The average molecular weight is 501 g/mol. The first-order valence-electron chi connectivity index (χ1n) is 10.4. The van der Waals surface area contributed by atoms with Crippen molar-refractivity contribution in [2.24, 2.45) is 0 Å². The first kappa shape index (κ1) is 24.4. The topological polar surface area (TPSA) is 121 Å². The van der Waals surface area contributed by atoms with Crippen LogP contribution in [0.2, 0.25) is 0 Å². The lowest BCUT2D eigenvalue weighted by molar-refractivity contribution is -0.383. The molecule has 0 bridgehead atoms. The van der Waals surface area contributed by atoms with E-state index < -0.39 is 23.3 Å². The second kappa shape index (κ2) is 9.52. The number of benzene rings is 2. The summed E-state index contributed by atoms with van der Waals surface area (Å²) in [6, 6.07) is 13.0. The van der Waals surface area contributed by atoms with Crippen LogP contribution in [-0.4, -0.2) is 46.4 Å². The number of rotatable bonds is 7.